The van der Waals surface area contributed by atoms with Crippen molar-refractivity contribution in [3.05, 3.63) is 69.7 Å². The molecule has 2 N–H and O–H groups in total. The monoisotopic (exact) mass is 596 g/mol. The lowest BCUT2D eigenvalue weighted by Crippen LogP contribution is -2.22. The largest absolute Gasteiger partial charge is 0.416 e. The second kappa shape index (κ2) is 11.5. The average Bonchev–Trinajstić information content (AvgIpc) is 3.36. The molecular weight excluding hydrogens is 576 g/mol. The van der Waals surface area contributed by atoms with Gasteiger partial charge in [-0.2, -0.15) is 0 Å². The van der Waals surface area contributed by atoms with E-state index in [1.807, 2.05) is 0 Å². The lowest BCUT2D eigenvalue weighted by atomic mass is 10.2. The Kier molecular flexibility index (Phi) is 8.89. The second-order valence-corrected chi connectivity index (χ2v) is 13.4. The molecule has 0 spiro atoms. The Morgan fingerprint density at radius 2 is 1.14 bits per heavy atom. The third-order valence-electron chi connectivity index (χ3n) is 5.27. The van der Waals surface area contributed by atoms with Crippen LogP contribution in [0.4, 0.5) is 0 Å². The van der Waals surface area contributed by atoms with Gasteiger partial charge in [0.05, 0.1) is 11.8 Å². The van der Waals surface area contributed by atoms with Crippen molar-refractivity contribution in [3.63, 3.8) is 0 Å². The summed E-state index contributed by atoms with van der Waals surface area (Å²) in [6.45, 7) is 0.548. The van der Waals surface area contributed by atoms with Crippen LogP contribution in [0.25, 0.3) is 0 Å². The molecule has 2 aromatic rings. The highest BCUT2D eigenvalue weighted by Gasteiger charge is 2.45. The minimum Gasteiger partial charge on any atom is -0.416 e. The number of aliphatic imine (C=N–C) groups is 2. The molecular formula is C21H22Cl4N4O4P2. The standard InChI is InChI=1S/C21H22Cl4N4O4P2/c22-12-18-28-20(14-6-1-3-8-16(14)24)34(30,32-18)26-10-5-11-27-35(31)21(29-19(13-23)33-35)15-7-2-4-9-17(15)25/h1-4,6-9,20-21H,5,10-13H2,(H,26,30)(H,27,31)/t20-,21+,34+,35-. The second-order valence-electron chi connectivity index (χ2n) is 7.65. The predicted molar refractivity (Wildman–Crippen MR) is 143 cm³/mol. The van der Waals surface area contributed by atoms with E-state index in [1.54, 1.807) is 48.5 Å². The Morgan fingerprint density at radius 3 is 1.51 bits per heavy atom. The number of nitrogens with zero attached hydrogens (tertiary/aromatic N) is 2. The van der Waals surface area contributed by atoms with Crippen molar-refractivity contribution in [2.45, 2.75) is 18.0 Å². The number of halogens is 4. The molecule has 0 amide bonds. The molecule has 4 atom stereocenters. The van der Waals surface area contributed by atoms with Gasteiger partial charge in [0.25, 0.3) is 0 Å². The predicted octanol–water partition coefficient (Wildman–Crippen LogP) is 6.98. The lowest BCUT2D eigenvalue weighted by molar-refractivity contribution is 0.462. The van der Waals surface area contributed by atoms with Crippen LogP contribution in [-0.2, 0) is 18.2 Å². The molecule has 4 rings (SSSR count). The van der Waals surface area contributed by atoms with E-state index < -0.39 is 26.6 Å². The molecule has 0 unspecified atom stereocenters. The van der Waals surface area contributed by atoms with Crippen LogP contribution in [-0.4, -0.2) is 36.6 Å². The molecule has 0 aromatic heterocycles. The molecule has 0 fully saturated rings. The molecule has 35 heavy (non-hydrogen) atoms. The Labute approximate surface area is 223 Å². The van der Waals surface area contributed by atoms with E-state index in [1.165, 1.54) is 0 Å². The molecule has 2 aliphatic rings. The fourth-order valence-electron chi connectivity index (χ4n) is 3.67. The first kappa shape index (κ1) is 27.0. The third kappa shape index (κ3) is 5.92. The summed E-state index contributed by atoms with van der Waals surface area (Å²) in [5, 5.41) is 6.80. The third-order valence-corrected chi connectivity index (χ3v) is 10.8. The summed E-state index contributed by atoms with van der Waals surface area (Å²) in [5.41, 5.74) is 1.17. The Hall–Kier alpha value is -1.08. The van der Waals surface area contributed by atoms with Crippen molar-refractivity contribution in [2.24, 2.45) is 9.98 Å². The molecule has 8 nitrogen and oxygen atoms in total. The van der Waals surface area contributed by atoms with Gasteiger partial charge < -0.3 is 9.05 Å². The van der Waals surface area contributed by atoms with Gasteiger partial charge in [-0.25, -0.2) is 20.2 Å². The molecule has 0 aliphatic carbocycles. The van der Waals surface area contributed by atoms with Crippen LogP contribution in [0.5, 0.6) is 0 Å². The van der Waals surface area contributed by atoms with E-state index in [0.29, 0.717) is 27.6 Å². The number of benzene rings is 2. The van der Waals surface area contributed by atoms with Gasteiger partial charge in [-0.05, 0) is 18.6 Å². The van der Waals surface area contributed by atoms with Gasteiger partial charge in [0.2, 0.25) is 11.8 Å². The Morgan fingerprint density at radius 1 is 0.743 bits per heavy atom. The van der Waals surface area contributed by atoms with Crippen molar-refractivity contribution in [3.8, 4) is 0 Å². The van der Waals surface area contributed by atoms with Crippen molar-refractivity contribution in [1.29, 1.82) is 0 Å². The van der Waals surface area contributed by atoms with Gasteiger partial charge in [0, 0.05) is 34.3 Å². The number of hydrogen-bond acceptors (Lipinski definition) is 6. The summed E-state index contributed by atoms with van der Waals surface area (Å²) < 4.78 is 38.4. The van der Waals surface area contributed by atoms with Gasteiger partial charge in [-0.15, -0.1) is 23.2 Å². The molecule has 0 saturated heterocycles. The van der Waals surface area contributed by atoms with Crippen molar-refractivity contribution in [2.75, 3.05) is 24.8 Å². The SMILES string of the molecule is O=[P@]1(NCCCN[P@]2(=O)OC(CCl)=N[C@@H]2c2ccccc2Cl)OC(CCl)=N[C@H]1c1ccccc1Cl. The first-order valence-corrected chi connectivity index (χ1v) is 15.8. The molecule has 2 aromatic carbocycles. The van der Waals surface area contributed by atoms with Gasteiger partial charge >= 0.3 is 15.0 Å². The lowest BCUT2D eigenvalue weighted by Gasteiger charge is -2.21. The normalized spacial score (nSPS) is 27.8. The highest BCUT2D eigenvalue weighted by atomic mass is 35.5. The molecule has 0 radical (unpaired) electrons. The zero-order chi connectivity index (χ0) is 25.1. The van der Waals surface area contributed by atoms with E-state index in [2.05, 4.69) is 20.2 Å². The number of alkyl halides is 2. The maximum absolute atomic E-state index is 13.6. The number of nitrogens with one attached hydrogen (secondary N) is 2. The van der Waals surface area contributed by atoms with E-state index >= 15 is 0 Å². The van der Waals surface area contributed by atoms with Crippen LogP contribution in [0.3, 0.4) is 0 Å². The molecule has 0 saturated carbocycles. The van der Waals surface area contributed by atoms with Crippen LogP contribution in [0, 0.1) is 0 Å². The molecule has 0 bridgehead atoms. The van der Waals surface area contributed by atoms with Gasteiger partial charge in [-0.3, -0.25) is 9.13 Å². The van der Waals surface area contributed by atoms with E-state index in [-0.39, 0.29) is 36.6 Å². The van der Waals surface area contributed by atoms with Crippen LogP contribution >= 0.6 is 61.4 Å². The minimum atomic E-state index is -3.47. The summed E-state index contributed by atoms with van der Waals surface area (Å²) in [4.78, 5) is 8.73. The highest BCUT2D eigenvalue weighted by molar-refractivity contribution is 7.58. The van der Waals surface area contributed by atoms with E-state index in [4.69, 9.17) is 55.5 Å². The maximum Gasteiger partial charge on any atom is 0.346 e. The van der Waals surface area contributed by atoms with Crippen LogP contribution in [0.2, 0.25) is 10.0 Å². The topological polar surface area (TPSA) is 101 Å². The summed E-state index contributed by atoms with van der Waals surface area (Å²) in [6, 6.07) is 14.0. The smallest absolute Gasteiger partial charge is 0.346 e. The average molecular weight is 598 g/mol. The number of rotatable bonds is 10. The van der Waals surface area contributed by atoms with Crippen molar-refractivity contribution in [1.82, 2.24) is 10.2 Å². The first-order chi connectivity index (χ1) is 16.8. The highest BCUT2D eigenvalue weighted by Crippen LogP contribution is 2.63. The quantitative estimate of drug-likeness (QED) is 0.174. The van der Waals surface area contributed by atoms with Crippen LogP contribution in [0.15, 0.2) is 58.5 Å². The van der Waals surface area contributed by atoms with Crippen molar-refractivity contribution >= 4 is 73.2 Å². The van der Waals surface area contributed by atoms with E-state index in [0.717, 1.165) is 0 Å². The van der Waals surface area contributed by atoms with E-state index in [9.17, 15) is 9.13 Å². The van der Waals surface area contributed by atoms with Gasteiger partial charge in [0.1, 0.15) is 0 Å². The zero-order valence-corrected chi connectivity index (χ0v) is 23.1. The van der Waals surface area contributed by atoms with Crippen LogP contribution in [0.1, 0.15) is 29.1 Å². The fourth-order valence-corrected chi connectivity index (χ4v) is 8.91. The molecule has 2 heterocycles. The molecule has 2 aliphatic heterocycles. The Bertz CT molecular complexity index is 1150. The fraction of sp³-hybridized carbons (Fsp3) is 0.333. The molecule has 14 heteroatoms. The first-order valence-electron chi connectivity index (χ1n) is 10.6. The number of hydrogen-bond donors (Lipinski definition) is 2. The Balaban J connectivity index is 1.39. The summed E-state index contributed by atoms with van der Waals surface area (Å²) in [6.07, 6.45) is 0.442. The zero-order valence-electron chi connectivity index (χ0n) is 18.2. The maximum atomic E-state index is 13.6. The van der Waals surface area contributed by atoms with Gasteiger partial charge in [0.15, 0.2) is 11.6 Å². The van der Waals surface area contributed by atoms with Gasteiger partial charge in [-0.1, -0.05) is 59.6 Å². The molecule has 188 valence electrons. The summed E-state index contributed by atoms with van der Waals surface area (Å²) in [5.74, 6) is -1.27. The minimum absolute atomic E-state index is 0.0129. The van der Waals surface area contributed by atoms with Crippen LogP contribution < -0.4 is 10.2 Å². The van der Waals surface area contributed by atoms with Crippen molar-refractivity contribution < 1.29 is 18.2 Å². The summed E-state index contributed by atoms with van der Waals surface area (Å²) >= 11 is 24.4. The summed E-state index contributed by atoms with van der Waals surface area (Å²) in [7, 11) is -6.95.